The van der Waals surface area contributed by atoms with Gasteiger partial charge in [0, 0.05) is 18.3 Å². The second-order valence-corrected chi connectivity index (χ2v) is 7.78. The van der Waals surface area contributed by atoms with E-state index >= 15 is 0 Å². The number of ether oxygens (including phenoxy) is 1. The van der Waals surface area contributed by atoms with Gasteiger partial charge in [-0.3, -0.25) is 9.48 Å². The Kier molecular flexibility index (Phi) is 5.43. The van der Waals surface area contributed by atoms with Crippen LogP contribution in [0.5, 0.6) is 5.75 Å². The summed E-state index contributed by atoms with van der Waals surface area (Å²) < 4.78 is 13.2. The average Bonchev–Trinajstić information content (AvgIpc) is 3.42. The number of hydrogen-bond donors (Lipinski definition) is 0. The van der Waals surface area contributed by atoms with Crippen LogP contribution < -0.4 is 4.74 Å². The van der Waals surface area contributed by atoms with Crippen molar-refractivity contribution in [3.8, 4) is 5.75 Å². The van der Waals surface area contributed by atoms with E-state index in [9.17, 15) is 4.79 Å². The van der Waals surface area contributed by atoms with Crippen molar-refractivity contribution in [3.05, 3.63) is 70.9 Å². The third kappa shape index (κ3) is 4.21. The zero-order chi connectivity index (χ0) is 20.4. The molecule has 0 unspecified atom stereocenters. The molecule has 1 aromatic carbocycles. The predicted molar refractivity (Wildman–Crippen MR) is 110 cm³/mol. The Hall–Kier alpha value is -3.02. The van der Waals surface area contributed by atoms with E-state index in [1.807, 2.05) is 62.0 Å². The molecule has 0 radical (unpaired) electrons. The first-order valence-corrected chi connectivity index (χ1v) is 10.1. The molecule has 0 atom stereocenters. The Morgan fingerprint density at radius 1 is 1.21 bits per heavy atom. The Labute approximate surface area is 171 Å². The van der Waals surface area contributed by atoms with Crippen LogP contribution in [0.2, 0.25) is 0 Å². The highest BCUT2D eigenvalue weighted by atomic mass is 16.5. The molecule has 0 fully saturated rings. The van der Waals surface area contributed by atoms with Crippen molar-refractivity contribution in [2.75, 3.05) is 0 Å². The molecule has 0 saturated heterocycles. The zero-order valence-electron chi connectivity index (χ0n) is 17.2. The number of aryl methyl sites for hydroxylation is 1. The van der Waals surface area contributed by atoms with Crippen LogP contribution in [0.4, 0.5) is 0 Å². The van der Waals surface area contributed by atoms with Gasteiger partial charge in [-0.25, -0.2) is 0 Å². The van der Waals surface area contributed by atoms with E-state index in [-0.39, 0.29) is 12.0 Å². The molecule has 2 aromatic heterocycles. The molecule has 0 bridgehead atoms. The lowest BCUT2D eigenvalue weighted by Crippen LogP contribution is -2.30. The van der Waals surface area contributed by atoms with Gasteiger partial charge in [0.05, 0.1) is 31.2 Å². The van der Waals surface area contributed by atoms with E-state index < -0.39 is 0 Å². The Balaban J connectivity index is 1.58. The van der Waals surface area contributed by atoms with Gasteiger partial charge in [0.2, 0.25) is 0 Å². The highest BCUT2D eigenvalue weighted by Crippen LogP contribution is 2.26. The van der Waals surface area contributed by atoms with Gasteiger partial charge in [-0.15, -0.1) is 0 Å². The summed E-state index contributed by atoms with van der Waals surface area (Å²) in [5, 5.41) is 4.70. The maximum Gasteiger partial charge on any atom is 0.254 e. The van der Waals surface area contributed by atoms with Crippen LogP contribution >= 0.6 is 0 Å². The number of hydrogen-bond acceptors (Lipinski definition) is 4. The highest BCUT2D eigenvalue weighted by Gasteiger charge is 2.25. The zero-order valence-corrected chi connectivity index (χ0v) is 17.2. The van der Waals surface area contributed by atoms with Crippen molar-refractivity contribution in [1.82, 2.24) is 14.7 Å². The molecule has 6 nitrogen and oxygen atoms in total. The van der Waals surface area contributed by atoms with Gasteiger partial charge < -0.3 is 14.1 Å². The van der Waals surface area contributed by atoms with E-state index in [1.165, 1.54) is 11.3 Å². The lowest BCUT2D eigenvalue weighted by molar-refractivity contribution is 0.0714. The maximum atomic E-state index is 13.3. The van der Waals surface area contributed by atoms with Gasteiger partial charge in [-0.1, -0.05) is 0 Å². The maximum absolute atomic E-state index is 13.3. The van der Waals surface area contributed by atoms with Gasteiger partial charge in [-0.2, -0.15) is 5.10 Å². The number of nitrogens with zero attached hydrogens (tertiary/aromatic N) is 3. The van der Waals surface area contributed by atoms with Gasteiger partial charge in [0.15, 0.2) is 0 Å². The molecule has 152 valence electrons. The molecule has 0 spiro atoms. The van der Waals surface area contributed by atoms with Gasteiger partial charge >= 0.3 is 0 Å². The van der Waals surface area contributed by atoms with Gasteiger partial charge in [-0.05, 0) is 75.1 Å². The second-order valence-electron chi connectivity index (χ2n) is 7.78. The van der Waals surface area contributed by atoms with Crippen molar-refractivity contribution in [3.63, 3.8) is 0 Å². The lowest BCUT2D eigenvalue weighted by Gasteiger charge is -2.22. The number of amides is 1. The molecule has 1 aliphatic rings. The summed E-state index contributed by atoms with van der Waals surface area (Å²) in [4.78, 5) is 15.1. The van der Waals surface area contributed by atoms with E-state index in [4.69, 9.17) is 14.3 Å². The fraction of sp³-hybridized carbons (Fsp3) is 0.391. The number of rotatable bonds is 7. The summed E-state index contributed by atoms with van der Waals surface area (Å²) in [5.74, 6) is 1.47. The lowest BCUT2D eigenvalue weighted by atomic mass is 10.1. The van der Waals surface area contributed by atoms with Crippen LogP contribution in [0, 0.1) is 0 Å². The molecule has 2 heterocycles. The first-order chi connectivity index (χ1) is 14.0. The first kappa shape index (κ1) is 19.3. The van der Waals surface area contributed by atoms with Gasteiger partial charge in [0.25, 0.3) is 5.91 Å². The Morgan fingerprint density at radius 2 is 2.00 bits per heavy atom. The molecule has 0 saturated carbocycles. The fourth-order valence-corrected chi connectivity index (χ4v) is 3.93. The number of fused-ring (bicyclic) bond motifs is 1. The van der Waals surface area contributed by atoms with E-state index in [0.717, 1.165) is 36.5 Å². The second kappa shape index (κ2) is 8.15. The summed E-state index contributed by atoms with van der Waals surface area (Å²) in [6.45, 7) is 4.83. The van der Waals surface area contributed by atoms with Crippen LogP contribution in [-0.4, -0.2) is 26.7 Å². The molecule has 0 aliphatic heterocycles. The smallest absolute Gasteiger partial charge is 0.254 e. The van der Waals surface area contributed by atoms with Gasteiger partial charge in [0.1, 0.15) is 11.5 Å². The van der Waals surface area contributed by atoms with Crippen molar-refractivity contribution < 1.29 is 13.9 Å². The average molecular weight is 393 g/mol. The third-order valence-corrected chi connectivity index (χ3v) is 5.23. The molecule has 1 aliphatic carbocycles. The topological polar surface area (TPSA) is 60.5 Å². The molecule has 29 heavy (non-hydrogen) atoms. The molecule has 6 heteroatoms. The highest BCUT2D eigenvalue weighted by molar-refractivity contribution is 5.94. The summed E-state index contributed by atoms with van der Waals surface area (Å²) in [6.07, 6.45) is 4.97. The van der Waals surface area contributed by atoms with E-state index in [2.05, 4.69) is 0 Å². The normalized spacial score (nSPS) is 13.0. The van der Waals surface area contributed by atoms with E-state index in [0.29, 0.717) is 18.7 Å². The van der Waals surface area contributed by atoms with Crippen LogP contribution in [0.25, 0.3) is 0 Å². The molecule has 1 amide bonds. The van der Waals surface area contributed by atoms with Crippen LogP contribution in [-0.2, 0) is 33.0 Å². The molecule has 0 N–H and O–H groups in total. The van der Waals surface area contributed by atoms with Crippen molar-refractivity contribution >= 4 is 5.91 Å². The number of carbonyl (C=O) groups excluding carboxylic acids is 1. The fourth-order valence-electron chi connectivity index (χ4n) is 3.93. The first-order valence-electron chi connectivity index (χ1n) is 10.1. The quantitative estimate of drug-likeness (QED) is 0.605. The Morgan fingerprint density at radius 3 is 2.69 bits per heavy atom. The SMILES string of the molecule is CC(C)Oc1ccc(C(=O)N(Cc2ccco2)Cc2nn(C)c3c2CCC3)cc1. The summed E-state index contributed by atoms with van der Waals surface area (Å²) in [6, 6.07) is 11.1. The minimum atomic E-state index is -0.0464. The number of furan rings is 1. The number of aromatic nitrogens is 2. The molecular formula is C23H27N3O3. The summed E-state index contributed by atoms with van der Waals surface area (Å²) in [5.41, 5.74) is 4.20. The van der Waals surface area contributed by atoms with E-state index in [1.54, 1.807) is 11.2 Å². The predicted octanol–water partition coefficient (Wildman–Crippen LogP) is 4.13. The number of benzene rings is 1. The van der Waals surface area contributed by atoms with Crippen molar-refractivity contribution in [2.24, 2.45) is 7.05 Å². The monoisotopic (exact) mass is 393 g/mol. The summed E-state index contributed by atoms with van der Waals surface area (Å²) >= 11 is 0. The van der Waals surface area contributed by atoms with Crippen LogP contribution in [0.1, 0.15) is 53.3 Å². The Bertz CT molecular complexity index is 972. The van der Waals surface area contributed by atoms with Crippen LogP contribution in [0.15, 0.2) is 47.1 Å². The minimum Gasteiger partial charge on any atom is -0.491 e. The largest absolute Gasteiger partial charge is 0.491 e. The standard InChI is InChI=1S/C23H27N3O3/c1-16(2)29-18-11-9-17(10-12-18)23(27)26(14-19-6-5-13-28-19)15-21-20-7-4-8-22(20)25(3)24-21/h5-6,9-13,16H,4,7-8,14-15H2,1-3H3. The molecule has 4 rings (SSSR count). The van der Waals surface area contributed by atoms with Crippen molar-refractivity contribution in [2.45, 2.75) is 52.3 Å². The summed E-state index contributed by atoms with van der Waals surface area (Å²) in [7, 11) is 1.99. The molecular weight excluding hydrogens is 366 g/mol. The number of carbonyl (C=O) groups is 1. The van der Waals surface area contributed by atoms with Crippen molar-refractivity contribution in [1.29, 1.82) is 0 Å². The molecule has 3 aromatic rings. The minimum absolute atomic E-state index is 0.0464. The third-order valence-electron chi connectivity index (χ3n) is 5.23. The van der Waals surface area contributed by atoms with Crippen LogP contribution in [0.3, 0.4) is 0 Å².